The highest BCUT2D eigenvalue weighted by Gasteiger charge is 2.20. The van der Waals surface area contributed by atoms with E-state index >= 15 is 0 Å². The van der Waals surface area contributed by atoms with Gasteiger partial charge in [-0.2, -0.15) is 0 Å². The number of carbonyl (C=O) groups is 2. The van der Waals surface area contributed by atoms with Crippen LogP contribution in [0.1, 0.15) is 78.0 Å². The molecular weight excluding hydrogens is 358 g/mol. The second-order valence-corrected chi connectivity index (χ2v) is 8.67. The van der Waals surface area contributed by atoms with Crippen LogP contribution in [0.5, 0.6) is 0 Å². The molecule has 0 spiro atoms. The number of carbonyl (C=O) groups excluding carboxylic acids is 1. The third-order valence-corrected chi connectivity index (χ3v) is 4.92. The van der Waals surface area contributed by atoms with Gasteiger partial charge in [0.15, 0.2) is 0 Å². The average Bonchev–Trinajstić information content (AvgIpc) is 3.05. The Kier molecular flexibility index (Phi) is 7.66. The summed E-state index contributed by atoms with van der Waals surface area (Å²) in [5.41, 5.74) is 0.399. The number of imidazole rings is 1. The van der Waals surface area contributed by atoms with Gasteiger partial charge in [0.05, 0.1) is 12.0 Å². The van der Waals surface area contributed by atoms with Gasteiger partial charge >= 0.3 is 12.1 Å². The maximum atomic E-state index is 11.6. The first kappa shape index (κ1) is 22.0. The molecule has 0 aromatic carbocycles. The van der Waals surface area contributed by atoms with Crippen molar-refractivity contribution < 1.29 is 19.4 Å². The molecule has 2 rings (SSSR count). The third-order valence-electron chi connectivity index (χ3n) is 4.92. The van der Waals surface area contributed by atoms with Gasteiger partial charge < -0.3 is 19.7 Å². The van der Waals surface area contributed by atoms with Crippen LogP contribution >= 0.6 is 0 Å². The van der Waals surface area contributed by atoms with Crippen molar-refractivity contribution in [2.75, 3.05) is 6.54 Å². The predicted octanol–water partition coefficient (Wildman–Crippen LogP) is 4.41. The number of nitrogens with one attached hydrogen (secondary N) is 1. The average molecular weight is 392 g/mol. The van der Waals surface area contributed by atoms with E-state index in [1.807, 2.05) is 6.20 Å². The summed E-state index contributed by atoms with van der Waals surface area (Å²) in [5, 5.41) is 12.1. The Morgan fingerprint density at radius 1 is 1.32 bits per heavy atom. The molecule has 1 amide bonds. The molecule has 7 heteroatoms. The summed E-state index contributed by atoms with van der Waals surface area (Å²) >= 11 is 0. The van der Waals surface area contributed by atoms with E-state index in [0.29, 0.717) is 31.1 Å². The fourth-order valence-electron chi connectivity index (χ4n) is 3.37. The van der Waals surface area contributed by atoms with Gasteiger partial charge in [-0.3, -0.25) is 0 Å². The minimum Gasteiger partial charge on any atom is -0.478 e. The third kappa shape index (κ3) is 7.37. The number of nitrogens with zero attached hydrogens (tertiary/aromatic N) is 2. The van der Waals surface area contributed by atoms with E-state index in [0.717, 1.165) is 18.8 Å². The molecule has 28 heavy (non-hydrogen) atoms. The van der Waals surface area contributed by atoms with E-state index in [-0.39, 0.29) is 5.57 Å². The number of rotatable bonds is 7. The lowest BCUT2D eigenvalue weighted by molar-refractivity contribution is -0.132. The zero-order valence-corrected chi connectivity index (χ0v) is 17.4. The Bertz CT molecular complexity index is 695. The monoisotopic (exact) mass is 391 g/mol. The molecule has 0 bridgehead atoms. The Morgan fingerprint density at radius 3 is 2.61 bits per heavy atom. The molecule has 1 saturated carbocycles. The molecule has 1 aromatic heterocycles. The minimum absolute atomic E-state index is 0.286. The lowest BCUT2D eigenvalue weighted by atomic mass is 9.87. The molecule has 1 fully saturated rings. The molecule has 0 atom stereocenters. The fourth-order valence-corrected chi connectivity index (χ4v) is 3.37. The summed E-state index contributed by atoms with van der Waals surface area (Å²) < 4.78 is 7.27. The molecule has 156 valence electrons. The number of carboxylic acids is 1. The Morgan fingerprint density at radius 2 is 2.00 bits per heavy atom. The van der Waals surface area contributed by atoms with Crippen LogP contribution in [-0.2, 0) is 9.53 Å². The topological polar surface area (TPSA) is 93.5 Å². The second-order valence-electron chi connectivity index (χ2n) is 8.67. The van der Waals surface area contributed by atoms with Crippen molar-refractivity contribution in [1.82, 2.24) is 14.9 Å². The summed E-state index contributed by atoms with van der Waals surface area (Å²) in [4.78, 5) is 27.5. The van der Waals surface area contributed by atoms with Gasteiger partial charge in [-0.25, -0.2) is 14.6 Å². The lowest BCUT2D eigenvalue weighted by Crippen LogP contribution is -2.33. The van der Waals surface area contributed by atoms with E-state index in [2.05, 4.69) is 21.8 Å². The van der Waals surface area contributed by atoms with Crippen molar-refractivity contribution in [2.24, 2.45) is 5.92 Å². The van der Waals surface area contributed by atoms with Gasteiger partial charge in [-0.05, 0) is 71.3 Å². The molecule has 0 unspecified atom stereocenters. The Hall–Kier alpha value is -2.31. The number of alkyl carbamates (subject to hydrolysis) is 1. The van der Waals surface area contributed by atoms with Gasteiger partial charge in [-0.15, -0.1) is 0 Å². The lowest BCUT2D eigenvalue weighted by Gasteiger charge is -2.26. The standard InChI is InChI=1S/C21H33N3O4/c1-15-7-9-18(10-8-15)24-13-17(23-14-24)12-16(19(25)26)6-5-11-22-20(27)28-21(2,3)4/h12-15,18H,5-11H2,1-4H3,(H,22,27)(H,25,26)/b16-12+/t15-,18-. The second kappa shape index (κ2) is 9.75. The minimum atomic E-state index is -0.960. The van der Waals surface area contributed by atoms with Gasteiger partial charge in [0.25, 0.3) is 0 Å². The van der Waals surface area contributed by atoms with Crippen LogP contribution in [0, 0.1) is 5.92 Å². The molecule has 0 radical (unpaired) electrons. The molecule has 2 N–H and O–H groups in total. The molecule has 1 aliphatic rings. The SMILES string of the molecule is CC(C)(C)OC(=O)NCCC/C(=C\c1cn([C@H]2CC[C@H](C)CC2)cn1)C(=O)O. The largest absolute Gasteiger partial charge is 0.478 e. The number of hydrogen-bond acceptors (Lipinski definition) is 4. The maximum Gasteiger partial charge on any atom is 0.407 e. The summed E-state index contributed by atoms with van der Waals surface area (Å²) in [6.45, 7) is 8.03. The predicted molar refractivity (Wildman–Crippen MR) is 108 cm³/mol. The van der Waals surface area contributed by atoms with Crippen LogP contribution in [0.2, 0.25) is 0 Å². The normalized spacial score (nSPS) is 20.6. The molecule has 0 aliphatic heterocycles. The first-order chi connectivity index (χ1) is 13.1. The number of aromatic nitrogens is 2. The molecule has 7 nitrogen and oxygen atoms in total. The Labute approximate surface area is 167 Å². The van der Waals surface area contributed by atoms with Crippen LogP contribution < -0.4 is 5.32 Å². The summed E-state index contributed by atoms with van der Waals surface area (Å²) in [7, 11) is 0. The number of aliphatic carboxylic acids is 1. The molecule has 1 aromatic rings. The summed E-state index contributed by atoms with van der Waals surface area (Å²) in [6.07, 6.45) is 10.5. The fraction of sp³-hybridized carbons (Fsp3) is 0.667. The van der Waals surface area contributed by atoms with Gasteiger partial charge in [-0.1, -0.05) is 6.92 Å². The van der Waals surface area contributed by atoms with Crippen molar-refractivity contribution in [3.63, 3.8) is 0 Å². The number of hydrogen-bond donors (Lipinski definition) is 2. The number of ether oxygens (including phenoxy) is 1. The number of amides is 1. The van der Waals surface area contributed by atoms with Crippen LogP contribution in [0.15, 0.2) is 18.1 Å². The molecule has 1 heterocycles. The molecular formula is C21H33N3O4. The van der Waals surface area contributed by atoms with E-state index in [9.17, 15) is 14.7 Å². The van der Waals surface area contributed by atoms with Crippen LogP contribution in [0.4, 0.5) is 4.79 Å². The number of carboxylic acid groups (broad SMARTS) is 1. The maximum absolute atomic E-state index is 11.6. The van der Waals surface area contributed by atoms with Gasteiger partial charge in [0.1, 0.15) is 5.60 Å². The quantitative estimate of drug-likeness (QED) is 0.530. The zero-order chi connectivity index (χ0) is 20.7. The van der Waals surface area contributed by atoms with E-state index in [1.165, 1.54) is 12.8 Å². The van der Waals surface area contributed by atoms with Crippen LogP contribution in [-0.4, -0.2) is 38.9 Å². The first-order valence-electron chi connectivity index (χ1n) is 10.1. The molecule has 0 saturated heterocycles. The highest BCUT2D eigenvalue weighted by molar-refractivity contribution is 5.91. The van der Waals surface area contributed by atoms with Gasteiger partial charge in [0.2, 0.25) is 0 Å². The highest BCUT2D eigenvalue weighted by Crippen LogP contribution is 2.31. The smallest absolute Gasteiger partial charge is 0.407 e. The van der Waals surface area contributed by atoms with E-state index < -0.39 is 17.7 Å². The van der Waals surface area contributed by atoms with Crippen LogP contribution in [0.25, 0.3) is 6.08 Å². The van der Waals surface area contributed by atoms with Crippen molar-refractivity contribution >= 4 is 18.1 Å². The molecule has 1 aliphatic carbocycles. The van der Waals surface area contributed by atoms with Gasteiger partial charge in [0, 0.05) is 24.4 Å². The first-order valence-corrected chi connectivity index (χ1v) is 10.1. The van der Waals surface area contributed by atoms with Crippen molar-refractivity contribution in [1.29, 1.82) is 0 Å². The van der Waals surface area contributed by atoms with Crippen LogP contribution in [0.3, 0.4) is 0 Å². The van der Waals surface area contributed by atoms with Crippen molar-refractivity contribution in [2.45, 2.75) is 77.9 Å². The summed E-state index contributed by atoms with van der Waals surface area (Å²) in [6, 6.07) is 0.456. The van der Waals surface area contributed by atoms with E-state index in [4.69, 9.17) is 4.74 Å². The van der Waals surface area contributed by atoms with Crippen molar-refractivity contribution in [3.8, 4) is 0 Å². The van der Waals surface area contributed by atoms with Crippen molar-refractivity contribution in [3.05, 3.63) is 23.8 Å². The highest BCUT2D eigenvalue weighted by atomic mass is 16.6. The van der Waals surface area contributed by atoms with E-state index in [1.54, 1.807) is 33.2 Å². The summed E-state index contributed by atoms with van der Waals surface area (Å²) in [5.74, 6) is -0.176. The zero-order valence-electron chi connectivity index (χ0n) is 17.4. The Balaban J connectivity index is 1.87.